The largest absolute Gasteiger partial charge is 0.486 e. The number of thiophene rings is 1. The van der Waals surface area contributed by atoms with Crippen molar-refractivity contribution in [2.24, 2.45) is 0 Å². The van der Waals surface area contributed by atoms with Gasteiger partial charge in [0.2, 0.25) is 0 Å². The normalized spacial score (nSPS) is 14.7. The van der Waals surface area contributed by atoms with Gasteiger partial charge < -0.3 is 19.9 Å². The van der Waals surface area contributed by atoms with E-state index in [1.165, 1.54) is 10.1 Å². The first-order valence-corrected chi connectivity index (χ1v) is 8.87. The Morgan fingerprint density at radius 3 is 2.88 bits per heavy atom. The molecule has 124 valence electrons. The van der Waals surface area contributed by atoms with Crippen LogP contribution in [0.4, 0.5) is 0 Å². The monoisotopic (exact) mass is 341 g/mol. The number of para-hydroxylation sites is 1. The van der Waals surface area contributed by atoms with Crippen molar-refractivity contribution < 1.29 is 14.6 Å². The quantitative estimate of drug-likeness (QED) is 0.746. The first-order valence-electron chi connectivity index (χ1n) is 8.06. The molecule has 0 aliphatic carbocycles. The van der Waals surface area contributed by atoms with Gasteiger partial charge >= 0.3 is 0 Å². The number of hydrogen-bond donors (Lipinski definition) is 2. The number of aliphatic hydroxyl groups excluding tert-OH is 1. The lowest BCUT2D eigenvalue weighted by Gasteiger charge is -2.21. The second-order valence-electron chi connectivity index (χ2n) is 5.77. The molecular weight excluding hydrogens is 322 g/mol. The van der Waals surface area contributed by atoms with E-state index in [4.69, 9.17) is 9.47 Å². The molecule has 2 heterocycles. The first kappa shape index (κ1) is 15.4. The van der Waals surface area contributed by atoms with Crippen LogP contribution in [0.15, 0.2) is 48.5 Å². The lowest BCUT2D eigenvalue weighted by atomic mass is 10.1. The Labute approximate surface area is 144 Å². The van der Waals surface area contributed by atoms with E-state index in [2.05, 4.69) is 23.5 Å². The molecule has 0 radical (unpaired) electrons. The van der Waals surface area contributed by atoms with Crippen LogP contribution < -0.4 is 14.8 Å². The SMILES string of the molecule is OC(CNCc1cccc2c1OCCO2)c1cc2ccccc2s1. The summed E-state index contributed by atoms with van der Waals surface area (Å²) in [6.07, 6.45) is -0.515. The summed E-state index contributed by atoms with van der Waals surface area (Å²) in [5, 5.41) is 14.9. The molecule has 0 bridgehead atoms. The zero-order valence-electron chi connectivity index (χ0n) is 13.2. The van der Waals surface area contributed by atoms with Gasteiger partial charge in [0.25, 0.3) is 0 Å². The fourth-order valence-corrected chi connectivity index (χ4v) is 3.93. The third-order valence-electron chi connectivity index (χ3n) is 4.07. The summed E-state index contributed by atoms with van der Waals surface area (Å²) in [6.45, 7) is 2.30. The number of hydrogen-bond acceptors (Lipinski definition) is 5. The number of rotatable bonds is 5. The number of nitrogens with one attached hydrogen (secondary N) is 1. The van der Waals surface area contributed by atoms with Crippen molar-refractivity contribution >= 4 is 21.4 Å². The molecule has 0 amide bonds. The van der Waals surface area contributed by atoms with Gasteiger partial charge in [0.05, 0.1) is 0 Å². The highest BCUT2D eigenvalue weighted by molar-refractivity contribution is 7.19. The number of ether oxygens (including phenoxy) is 2. The third kappa shape index (κ3) is 3.11. The van der Waals surface area contributed by atoms with Gasteiger partial charge in [-0.25, -0.2) is 0 Å². The van der Waals surface area contributed by atoms with E-state index < -0.39 is 6.10 Å². The Balaban J connectivity index is 1.40. The maximum Gasteiger partial charge on any atom is 0.165 e. The third-order valence-corrected chi connectivity index (χ3v) is 5.29. The van der Waals surface area contributed by atoms with Crippen LogP contribution in [-0.2, 0) is 6.54 Å². The van der Waals surface area contributed by atoms with E-state index in [-0.39, 0.29) is 0 Å². The highest BCUT2D eigenvalue weighted by Gasteiger charge is 2.16. The van der Waals surface area contributed by atoms with E-state index in [1.807, 2.05) is 30.3 Å². The predicted molar refractivity (Wildman–Crippen MR) is 95.9 cm³/mol. The molecule has 1 aliphatic heterocycles. The van der Waals surface area contributed by atoms with Gasteiger partial charge in [-0.2, -0.15) is 0 Å². The zero-order chi connectivity index (χ0) is 16.4. The van der Waals surface area contributed by atoms with Crippen LogP contribution in [-0.4, -0.2) is 24.9 Å². The molecule has 1 aliphatic rings. The molecule has 1 atom stereocenters. The minimum absolute atomic E-state index is 0.497. The van der Waals surface area contributed by atoms with Gasteiger partial charge in [-0.3, -0.25) is 0 Å². The van der Waals surface area contributed by atoms with Crippen LogP contribution >= 0.6 is 11.3 Å². The average molecular weight is 341 g/mol. The summed E-state index contributed by atoms with van der Waals surface area (Å²) in [7, 11) is 0. The molecule has 0 saturated carbocycles. The zero-order valence-corrected chi connectivity index (χ0v) is 14.0. The van der Waals surface area contributed by atoms with Gasteiger partial charge in [-0.05, 0) is 23.6 Å². The first-order chi connectivity index (χ1) is 11.8. The summed E-state index contributed by atoms with van der Waals surface area (Å²) in [5.41, 5.74) is 1.05. The fraction of sp³-hybridized carbons (Fsp3) is 0.263. The smallest absolute Gasteiger partial charge is 0.165 e. The molecule has 0 fully saturated rings. The number of benzene rings is 2. The van der Waals surface area contributed by atoms with E-state index in [0.29, 0.717) is 26.3 Å². The molecule has 2 N–H and O–H groups in total. The number of aliphatic hydroxyl groups is 1. The Morgan fingerprint density at radius 1 is 1.08 bits per heavy atom. The topological polar surface area (TPSA) is 50.7 Å². The number of fused-ring (bicyclic) bond motifs is 2. The Kier molecular flexibility index (Phi) is 4.38. The molecule has 1 unspecified atom stereocenters. The Bertz CT molecular complexity index is 812. The van der Waals surface area contributed by atoms with E-state index in [1.54, 1.807) is 11.3 Å². The standard InChI is InChI=1S/C19H19NO3S/c21-15(18-10-13-4-1-2-7-17(13)24-18)12-20-11-14-5-3-6-16-19(14)23-9-8-22-16/h1-7,10,15,20-21H,8-9,11-12H2. The van der Waals surface area contributed by atoms with Crippen molar-refractivity contribution in [2.75, 3.05) is 19.8 Å². The summed E-state index contributed by atoms with van der Waals surface area (Å²) in [6, 6.07) is 16.2. The molecule has 0 saturated heterocycles. The van der Waals surface area contributed by atoms with Crippen LogP contribution in [0.5, 0.6) is 11.5 Å². The molecule has 4 rings (SSSR count). The molecule has 1 aromatic heterocycles. The predicted octanol–water partition coefficient (Wildman–Crippen LogP) is 3.50. The Morgan fingerprint density at radius 2 is 1.96 bits per heavy atom. The molecule has 4 nitrogen and oxygen atoms in total. The van der Waals surface area contributed by atoms with Crippen molar-refractivity contribution in [1.29, 1.82) is 0 Å². The van der Waals surface area contributed by atoms with Crippen molar-refractivity contribution in [3.8, 4) is 11.5 Å². The highest BCUT2D eigenvalue weighted by atomic mass is 32.1. The Hall–Kier alpha value is -2.08. The van der Waals surface area contributed by atoms with Crippen LogP contribution in [0.3, 0.4) is 0 Å². The lowest BCUT2D eigenvalue weighted by molar-refractivity contribution is 0.167. The van der Waals surface area contributed by atoms with Crippen molar-refractivity contribution in [2.45, 2.75) is 12.6 Å². The fourth-order valence-electron chi connectivity index (χ4n) is 2.88. The minimum atomic E-state index is -0.515. The van der Waals surface area contributed by atoms with E-state index in [9.17, 15) is 5.11 Å². The van der Waals surface area contributed by atoms with Gasteiger partial charge in [0.1, 0.15) is 19.3 Å². The van der Waals surface area contributed by atoms with Crippen molar-refractivity contribution in [3.05, 3.63) is 59.0 Å². The van der Waals surface area contributed by atoms with Gasteiger partial charge in [0.15, 0.2) is 11.5 Å². The minimum Gasteiger partial charge on any atom is -0.486 e. The van der Waals surface area contributed by atoms with Crippen LogP contribution in [0.2, 0.25) is 0 Å². The van der Waals surface area contributed by atoms with Crippen LogP contribution in [0, 0.1) is 0 Å². The second kappa shape index (κ2) is 6.81. The summed E-state index contributed by atoms with van der Waals surface area (Å²) in [5.74, 6) is 1.61. The van der Waals surface area contributed by atoms with Crippen molar-refractivity contribution in [3.63, 3.8) is 0 Å². The van der Waals surface area contributed by atoms with E-state index in [0.717, 1.165) is 21.9 Å². The summed E-state index contributed by atoms with van der Waals surface area (Å²) < 4.78 is 12.5. The maximum atomic E-state index is 10.4. The molecule has 3 aromatic rings. The molecule has 24 heavy (non-hydrogen) atoms. The molecule has 5 heteroatoms. The molecule has 2 aromatic carbocycles. The highest BCUT2D eigenvalue weighted by Crippen LogP contribution is 2.34. The van der Waals surface area contributed by atoms with Crippen molar-refractivity contribution in [1.82, 2.24) is 5.32 Å². The maximum absolute atomic E-state index is 10.4. The van der Waals surface area contributed by atoms with Gasteiger partial charge in [-0.15, -0.1) is 11.3 Å². The second-order valence-corrected chi connectivity index (χ2v) is 6.89. The van der Waals surface area contributed by atoms with E-state index >= 15 is 0 Å². The van der Waals surface area contributed by atoms with Crippen LogP contribution in [0.25, 0.3) is 10.1 Å². The average Bonchev–Trinajstić information content (AvgIpc) is 3.06. The van der Waals surface area contributed by atoms with Crippen LogP contribution in [0.1, 0.15) is 16.5 Å². The summed E-state index contributed by atoms with van der Waals surface area (Å²) in [4.78, 5) is 0.985. The molecular formula is C19H19NO3S. The van der Waals surface area contributed by atoms with Gasteiger partial charge in [0, 0.05) is 28.2 Å². The molecule has 0 spiro atoms. The lowest BCUT2D eigenvalue weighted by Crippen LogP contribution is -2.22. The van der Waals surface area contributed by atoms with Gasteiger partial charge in [-0.1, -0.05) is 30.3 Å². The summed E-state index contributed by atoms with van der Waals surface area (Å²) >= 11 is 1.64.